The maximum absolute atomic E-state index is 3.00. The van der Waals surface area contributed by atoms with Gasteiger partial charge in [0.25, 0.3) is 0 Å². The molecule has 0 radical (unpaired) electrons. The fourth-order valence-electron chi connectivity index (χ4n) is 2.79. The summed E-state index contributed by atoms with van der Waals surface area (Å²) >= 11 is 0. The lowest BCUT2D eigenvalue weighted by molar-refractivity contribution is 0.886. The van der Waals surface area contributed by atoms with Gasteiger partial charge in [0.05, 0.1) is 0 Å². The van der Waals surface area contributed by atoms with Crippen LogP contribution in [0.5, 0.6) is 0 Å². The van der Waals surface area contributed by atoms with Crippen molar-refractivity contribution in [3.8, 4) is 0 Å². The summed E-state index contributed by atoms with van der Waals surface area (Å²) in [6.45, 7) is 10.7. The van der Waals surface area contributed by atoms with Crippen LogP contribution in [0.4, 0.5) is 0 Å². The van der Waals surface area contributed by atoms with Gasteiger partial charge in [0.15, 0.2) is 0 Å². The molecule has 0 saturated heterocycles. The minimum Gasteiger partial charge on any atom is -0.106 e. The first-order valence-corrected chi connectivity index (χ1v) is 6.16. The first-order chi connectivity index (χ1) is 7.29. The van der Waals surface area contributed by atoms with E-state index in [0.717, 1.165) is 0 Å². The molecule has 0 aromatic rings. The molecule has 0 spiro atoms. The number of hydrogen-bond donors (Lipinski definition) is 0. The predicted molar refractivity (Wildman–Crippen MR) is 69.0 cm³/mol. The Balaban J connectivity index is 0.000000531. The standard InChI is InChI=1S/C13H20.C2H4/c1-10-6-5-9-13(10)11(2)12-7-3-4-8-12;1-2/h3-9H2,1-2H3;1-2H2. The average Bonchev–Trinajstić information content (AvgIpc) is 2.90. The van der Waals surface area contributed by atoms with Crippen molar-refractivity contribution in [1.29, 1.82) is 0 Å². The maximum atomic E-state index is 3.00. The van der Waals surface area contributed by atoms with Crippen LogP contribution in [0.25, 0.3) is 0 Å². The molecule has 0 amide bonds. The van der Waals surface area contributed by atoms with Gasteiger partial charge < -0.3 is 0 Å². The Labute approximate surface area is 94.8 Å². The van der Waals surface area contributed by atoms with Crippen LogP contribution in [0.3, 0.4) is 0 Å². The first kappa shape index (κ1) is 12.3. The van der Waals surface area contributed by atoms with E-state index in [2.05, 4.69) is 27.0 Å². The molecule has 1 fully saturated rings. The minimum atomic E-state index is 1.35. The van der Waals surface area contributed by atoms with E-state index in [4.69, 9.17) is 0 Å². The lowest BCUT2D eigenvalue weighted by Gasteiger charge is -2.08. The fraction of sp³-hybridized carbons (Fsp3) is 0.600. The summed E-state index contributed by atoms with van der Waals surface area (Å²) in [5, 5.41) is 0. The summed E-state index contributed by atoms with van der Waals surface area (Å²) in [4.78, 5) is 0. The molecular weight excluding hydrogens is 180 g/mol. The van der Waals surface area contributed by atoms with Crippen molar-refractivity contribution >= 4 is 0 Å². The highest BCUT2D eigenvalue weighted by atomic mass is 14.2. The van der Waals surface area contributed by atoms with Crippen LogP contribution in [-0.2, 0) is 0 Å². The lowest BCUT2D eigenvalue weighted by atomic mass is 9.98. The lowest BCUT2D eigenvalue weighted by Crippen LogP contribution is -1.88. The van der Waals surface area contributed by atoms with Gasteiger partial charge in [0, 0.05) is 0 Å². The van der Waals surface area contributed by atoms with Gasteiger partial charge in [0.2, 0.25) is 0 Å². The van der Waals surface area contributed by atoms with Crippen LogP contribution < -0.4 is 0 Å². The van der Waals surface area contributed by atoms with Gasteiger partial charge in [-0.1, -0.05) is 11.1 Å². The van der Waals surface area contributed by atoms with E-state index in [-0.39, 0.29) is 0 Å². The normalized spacial score (nSPS) is 20.3. The van der Waals surface area contributed by atoms with Gasteiger partial charge in [-0.2, -0.15) is 0 Å². The van der Waals surface area contributed by atoms with Gasteiger partial charge in [-0.05, 0) is 69.9 Å². The highest BCUT2D eigenvalue weighted by Crippen LogP contribution is 2.36. The molecule has 0 unspecified atom stereocenters. The third-order valence-corrected chi connectivity index (χ3v) is 3.68. The van der Waals surface area contributed by atoms with E-state index in [9.17, 15) is 0 Å². The van der Waals surface area contributed by atoms with E-state index in [1.54, 1.807) is 22.3 Å². The molecule has 0 heteroatoms. The molecule has 0 aromatic carbocycles. The van der Waals surface area contributed by atoms with E-state index in [1.807, 2.05) is 0 Å². The Morgan fingerprint density at radius 3 is 2.00 bits per heavy atom. The van der Waals surface area contributed by atoms with E-state index < -0.39 is 0 Å². The molecule has 0 bridgehead atoms. The summed E-state index contributed by atoms with van der Waals surface area (Å²) in [6.07, 6.45) is 9.70. The molecular formula is C15H24. The fourth-order valence-corrected chi connectivity index (χ4v) is 2.79. The van der Waals surface area contributed by atoms with Crippen molar-refractivity contribution in [3.63, 3.8) is 0 Å². The predicted octanol–water partition coefficient (Wildman–Crippen LogP) is 5.18. The molecule has 0 nitrogen and oxygen atoms in total. The Kier molecular flexibility index (Phi) is 4.87. The quantitative estimate of drug-likeness (QED) is 0.516. The highest BCUT2D eigenvalue weighted by Gasteiger charge is 2.16. The number of hydrogen-bond acceptors (Lipinski definition) is 0. The van der Waals surface area contributed by atoms with E-state index >= 15 is 0 Å². The van der Waals surface area contributed by atoms with Crippen LogP contribution in [-0.4, -0.2) is 0 Å². The van der Waals surface area contributed by atoms with Crippen LogP contribution in [0.1, 0.15) is 58.8 Å². The second-order valence-electron chi connectivity index (χ2n) is 4.55. The zero-order valence-electron chi connectivity index (χ0n) is 10.4. The van der Waals surface area contributed by atoms with Crippen LogP contribution in [0, 0.1) is 0 Å². The summed E-state index contributed by atoms with van der Waals surface area (Å²) in [7, 11) is 0. The first-order valence-electron chi connectivity index (χ1n) is 6.16. The van der Waals surface area contributed by atoms with Gasteiger partial charge >= 0.3 is 0 Å². The van der Waals surface area contributed by atoms with Crippen LogP contribution in [0.2, 0.25) is 0 Å². The molecule has 2 aliphatic rings. The Hall–Kier alpha value is -0.780. The molecule has 0 aliphatic heterocycles. The summed E-state index contributed by atoms with van der Waals surface area (Å²) < 4.78 is 0. The molecule has 0 atom stereocenters. The monoisotopic (exact) mass is 204 g/mol. The van der Waals surface area contributed by atoms with Gasteiger partial charge in [-0.25, -0.2) is 0 Å². The molecule has 15 heavy (non-hydrogen) atoms. The average molecular weight is 204 g/mol. The zero-order valence-corrected chi connectivity index (χ0v) is 10.4. The SMILES string of the molecule is C=C.CC1=C(C(C)=C2CCCC2)CCC1. The van der Waals surface area contributed by atoms with Crippen molar-refractivity contribution < 1.29 is 0 Å². The molecule has 2 aliphatic carbocycles. The molecule has 0 N–H and O–H groups in total. The molecule has 0 heterocycles. The van der Waals surface area contributed by atoms with Gasteiger partial charge in [-0.3, -0.25) is 0 Å². The number of rotatable bonds is 1. The van der Waals surface area contributed by atoms with Crippen molar-refractivity contribution in [1.82, 2.24) is 0 Å². The Bertz CT molecular complexity index is 270. The van der Waals surface area contributed by atoms with Crippen molar-refractivity contribution in [2.75, 3.05) is 0 Å². The zero-order chi connectivity index (χ0) is 11.3. The third kappa shape index (κ3) is 2.84. The van der Waals surface area contributed by atoms with E-state index in [0.29, 0.717) is 0 Å². The van der Waals surface area contributed by atoms with Crippen molar-refractivity contribution in [3.05, 3.63) is 35.5 Å². The molecule has 0 aromatic heterocycles. The van der Waals surface area contributed by atoms with Crippen LogP contribution in [0.15, 0.2) is 35.5 Å². The van der Waals surface area contributed by atoms with Crippen LogP contribution >= 0.6 is 0 Å². The third-order valence-electron chi connectivity index (χ3n) is 3.68. The topological polar surface area (TPSA) is 0 Å². The second kappa shape index (κ2) is 5.95. The Morgan fingerprint density at radius 1 is 0.933 bits per heavy atom. The van der Waals surface area contributed by atoms with Crippen molar-refractivity contribution in [2.24, 2.45) is 0 Å². The molecule has 84 valence electrons. The van der Waals surface area contributed by atoms with Crippen molar-refractivity contribution in [2.45, 2.75) is 58.8 Å². The van der Waals surface area contributed by atoms with E-state index in [1.165, 1.54) is 44.9 Å². The van der Waals surface area contributed by atoms with Gasteiger partial charge in [-0.15, -0.1) is 13.2 Å². The molecule has 2 rings (SSSR count). The highest BCUT2D eigenvalue weighted by molar-refractivity contribution is 5.39. The minimum absolute atomic E-state index is 1.35. The summed E-state index contributed by atoms with van der Waals surface area (Å²) in [5.41, 5.74) is 6.79. The summed E-state index contributed by atoms with van der Waals surface area (Å²) in [6, 6.07) is 0. The number of allylic oxidation sites excluding steroid dienone is 4. The molecule has 1 saturated carbocycles. The maximum Gasteiger partial charge on any atom is -0.0274 e. The second-order valence-corrected chi connectivity index (χ2v) is 4.55. The van der Waals surface area contributed by atoms with Gasteiger partial charge in [0.1, 0.15) is 0 Å². The summed E-state index contributed by atoms with van der Waals surface area (Å²) in [5.74, 6) is 0. The smallest absolute Gasteiger partial charge is 0.0274 e. The Morgan fingerprint density at radius 2 is 1.53 bits per heavy atom. The largest absolute Gasteiger partial charge is 0.106 e.